The molecule has 0 aromatic carbocycles. The minimum Gasteiger partial charge on any atom is -0.481 e. The van der Waals surface area contributed by atoms with Crippen LogP contribution < -0.4 is 5.32 Å². The van der Waals surface area contributed by atoms with Crippen molar-refractivity contribution in [2.24, 2.45) is 0 Å². The van der Waals surface area contributed by atoms with Crippen molar-refractivity contribution in [2.75, 3.05) is 0 Å². The van der Waals surface area contributed by atoms with Crippen LogP contribution in [-0.2, 0) is 16.0 Å². The first-order valence-corrected chi connectivity index (χ1v) is 9.48. The van der Waals surface area contributed by atoms with Gasteiger partial charge < -0.3 is 15.4 Å². The highest BCUT2D eigenvalue weighted by atomic mass is 16.4. The van der Waals surface area contributed by atoms with Crippen LogP contribution in [0.3, 0.4) is 0 Å². The molecular formula is C21H30N2O3. The fourth-order valence-electron chi connectivity index (χ4n) is 3.62. The topological polar surface area (TPSA) is 82.2 Å². The van der Waals surface area contributed by atoms with Crippen molar-refractivity contribution in [3.8, 4) is 0 Å². The lowest BCUT2D eigenvalue weighted by atomic mass is 10.0. The molecule has 26 heavy (non-hydrogen) atoms. The highest BCUT2D eigenvalue weighted by Crippen LogP contribution is 2.28. The summed E-state index contributed by atoms with van der Waals surface area (Å²) in [6.45, 7) is 8.14. The van der Waals surface area contributed by atoms with Crippen molar-refractivity contribution in [1.29, 1.82) is 0 Å². The largest absolute Gasteiger partial charge is 0.481 e. The smallest absolute Gasteiger partial charge is 0.303 e. The molecule has 2 rings (SSSR count). The van der Waals surface area contributed by atoms with Gasteiger partial charge in [0.1, 0.15) is 0 Å². The van der Waals surface area contributed by atoms with E-state index in [2.05, 4.69) is 31.1 Å². The van der Waals surface area contributed by atoms with Crippen molar-refractivity contribution in [3.05, 3.63) is 39.4 Å². The summed E-state index contributed by atoms with van der Waals surface area (Å²) in [5.74, 6) is -0.717. The number of H-pyrrole nitrogens is 1. The van der Waals surface area contributed by atoms with Crippen molar-refractivity contribution in [3.63, 3.8) is 0 Å². The summed E-state index contributed by atoms with van der Waals surface area (Å²) in [4.78, 5) is 25.9. The lowest BCUT2D eigenvalue weighted by Gasteiger charge is -2.04. The Morgan fingerprint density at radius 3 is 2.46 bits per heavy atom. The molecule has 0 fully saturated rings. The molecule has 0 spiro atoms. The minimum absolute atomic E-state index is 0.00406. The van der Waals surface area contributed by atoms with E-state index >= 15 is 0 Å². The average Bonchev–Trinajstić information content (AvgIpc) is 3.00. The maximum atomic E-state index is 11.9. The number of unbranched alkanes of at least 4 members (excludes halogenated alkanes) is 3. The summed E-state index contributed by atoms with van der Waals surface area (Å²) >= 11 is 0. The Hall–Kier alpha value is -2.30. The van der Waals surface area contributed by atoms with E-state index in [1.165, 1.54) is 16.8 Å². The summed E-state index contributed by atoms with van der Waals surface area (Å²) in [6.07, 6.45) is 7.95. The zero-order chi connectivity index (χ0) is 19.3. The summed E-state index contributed by atoms with van der Waals surface area (Å²) in [6, 6.07) is 0. The lowest BCUT2D eigenvalue weighted by Crippen LogP contribution is -2.15. The number of carboxylic acids is 1. The van der Waals surface area contributed by atoms with Crippen LogP contribution in [0.1, 0.15) is 74.9 Å². The molecule has 0 saturated carbocycles. The van der Waals surface area contributed by atoms with Crippen molar-refractivity contribution >= 4 is 18.0 Å². The predicted octanol–water partition coefficient (Wildman–Crippen LogP) is 4.41. The standard InChI is InChI=1S/C21H30N2O3/c1-5-16-14(3)21(26)23-19(16)12-18-13(2)17(15(4)22-18)10-8-6-7-9-11-20(24)25/h12,22H,5-11H2,1-4H3,(H,23,26)(H,24,25)/b19-12+. The monoisotopic (exact) mass is 358 g/mol. The van der Waals surface area contributed by atoms with Gasteiger partial charge in [-0.2, -0.15) is 0 Å². The molecule has 3 N–H and O–H groups in total. The van der Waals surface area contributed by atoms with Gasteiger partial charge in [0.15, 0.2) is 0 Å². The molecule has 5 heteroatoms. The van der Waals surface area contributed by atoms with Crippen LogP contribution in [0.15, 0.2) is 16.8 Å². The van der Waals surface area contributed by atoms with E-state index in [0.717, 1.165) is 61.1 Å². The Morgan fingerprint density at radius 1 is 1.12 bits per heavy atom. The van der Waals surface area contributed by atoms with Gasteiger partial charge in [-0.15, -0.1) is 0 Å². The summed E-state index contributed by atoms with van der Waals surface area (Å²) < 4.78 is 0. The maximum Gasteiger partial charge on any atom is 0.303 e. The van der Waals surface area contributed by atoms with Gasteiger partial charge in [-0.1, -0.05) is 19.8 Å². The van der Waals surface area contributed by atoms with Gasteiger partial charge in [-0.05, 0) is 69.2 Å². The Labute approximate surface area is 155 Å². The molecule has 0 bridgehead atoms. The number of carboxylic acid groups (broad SMARTS) is 1. The number of rotatable bonds is 9. The maximum absolute atomic E-state index is 11.9. The third kappa shape index (κ3) is 4.65. The molecule has 142 valence electrons. The number of nitrogens with one attached hydrogen (secondary N) is 2. The number of hydrogen-bond acceptors (Lipinski definition) is 2. The molecule has 0 aliphatic carbocycles. The van der Waals surface area contributed by atoms with Gasteiger partial charge in [0.05, 0.1) is 0 Å². The Balaban J connectivity index is 2.03. The first-order chi connectivity index (χ1) is 12.3. The highest BCUT2D eigenvalue weighted by Gasteiger charge is 2.23. The average molecular weight is 358 g/mol. The SMILES string of the molecule is CCC1=C(C)C(=O)N/C1=C/c1[nH]c(C)c(CCCCCCC(=O)O)c1C. The van der Waals surface area contributed by atoms with E-state index in [1.54, 1.807) is 0 Å². The minimum atomic E-state index is -0.713. The summed E-state index contributed by atoms with van der Waals surface area (Å²) in [5, 5.41) is 11.6. The van der Waals surface area contributed by atoms with Crippen LogP contribution in [0, 0.1) is 13.8 Å². The molecule has 1 aromatic rings. The van der Waals surface area contributed by atoms with E-state index in [0.29, 0.717) is 0 Å². The second-order valence-electron chi connectivity index (χ2n) is 7.04. The number of aryl methyl sites for hydroxylation is 1. The van der Waals surface area contributed by atoms with Crippen LogP contribution in [0.2, 0.25) is 0 Å². The molecule has 5 nitrogen and oxygen atoms in total. The van der Waals surface area contributed by atoms with Gasteiger partial charge in [0.2, 0.25) is 0 Å². The third-order valence-electron chi connectivity index (χ3n) is 5.21. The summed E-state index contributed by atoms with van der Waals surface area (Å²) in [7, 11) is 0. The highest BCUT2D eigenvalue weighted by molar-refractivity contribution is 6.00. The van der Waals surface area contributed by atoms with Crippen molar-refractivity contribution in [2.45, 2.75) is 72.6 Å². The summed E-state index contributed by atoms with van der Waals surface area (Å²) in [5.41, 5.74) is 7.58. The number of allylic oxidation sites excluding steroid dienone is 1. The van der Waals surface area contributed by atoms with Gasteiger partial charge in [0, 0.05) is 29.1 Å². The molecular weight excluding hydrogens is 328 g/mol. The first kappa shape index (κ1) is 20.0. The van der Waals surface area contributed by atoms with Crippen molar-refractivity contribution in [1.82, 2.24) is 10.3 Å². The number of hydrogen-bond donors (Lipinski definition) is 3. The van der Waals surface area contributed by atoms with Crippen molar-refractivity contribution < 1.29 is 14.7 Å². The van der Waals surface area contributed by atoms with Crippen LogP contribution in [0.5, 0.6) is 0 Å². The number of carbonyl (C=O) groups excluding carboxylic acids is 1. The Bertz CT molecular complexity index is 754. The normalized spacial score (nSPS) is 15.8. The predicted molar refractivity (Wildman–Crippen MR) is 104 cm³/mol. The van der Waals surface area contributed by atoms with Crippen LogP contribution in [0.25, 0.3) is 6.08 Å². The Morgan fingerprint density at radius 2 is 1.81 bits per heavy atom. The molecule has 1 aliphatic heterocycles. The van der Waals surface area contributed by atoms with Gasteiger partial charge in [-0.3, -0.25) is 9.59 Å². The number of aliphatic carboxylic acids is 1. The Kier molecular flexibility index (Phi) is 6.83. The number of carbonyl (C=O) groups is 2. The molecule has 1 aromatic heterocycles. The van der Waals surface area contributed by atoms with Crippen LogP contribution in [0.4, 0.5) is 0 Å². The van der Waals surface area contributed by atoms with E-state index in [9.17, 15) is 9.59 Å². The fourth-order valence-corrected chi connectivity index (χ4v) is 3.62. The molecule has 1 aliphatic rings. The zero-order valence-electron chi connectivity index (χ0n) is 16.3. The lowest BCUT2D eigenvalue weighted by molar-refractivity contribution is -0.137. The quantitative estimate of drug-likeness (QED) is 0.572. The number of aromatic nitrogens is 1. The van der Waals surface area contributed by atoms with E-state index in [1.807, 2.05) is 13.0 Å². The van der Waals surface area contributed by atoms with Gasteiger partial charge in [-0.25, -0.2) is 0 Å². The molecule has 0 atom stereocenters. The third-order valence-corrected chi connectivity index (χ3v) is 5.21. The van der Waals surface area contributed by atoms with Gasteiger partial charge in [0.25, 0.3) is 5.91 Å². The van der Waals surface area contributed by atoms with E-state index in [4.69, 9.17) is 5.11 Å². The second-order valence-corrected chi connectivity index (χ2v) is 7.04. The first-order valence-electron chi connectivity index (χ1n) is 9.48. The van der Waals surface area contributed by atoms with Crippen LogP contribution in [-0.4, -0.2) is 22.0 Å². The van der Waals surface area contributed by atoms with Crippen LogP contribution >= 0.6 is 0 Å². The molecule has 0 saturated heterocycles. The molecule has 2 heterocycles. The fraction of sp³-hybridized carbons (Fsp3) is 0.524. The molecule has 0 unspecified atom stereocenters. The van der Waals surface area contributed by atoms with Gasteiger partial charge >= 0.3 is 5.97 Å². The second kappa shape index (κ2) is 8.88. The zero-order valence-corrected chi connectivity index (χ0v) is 16.3. The number of aromatic amines is 1. The van der Waals surface area contributed by atoms with E-state index in [-0.39, 0.29) is 12.3 Å². The van der Waals surface area contributed by atoms with E-state index < -0.39 is 5.97 Å². The molecule has 0 radical (unpaired) electrons. The molecule has 1 amide bonds. The number of amides is 1.